The first-order chi connectivity index (χ1) is 14.6. The second-order valence-corrected chi connectivity index (χ2v) is 9.60. The second-order valence-electron chi connectivity index (χ2n) is 9.60. The molecule has 1 atom stereocenters. The van der Waals surface area contributed by atoms with E-state index in [1.54, 1.807) is 0 Å². The summed E-state index contributed by atoms with van der Waals surface area (Å²) in [5, 5.41) is 2.81. The van der Waals surface area contributed by atoms with Gasteiger partial charge in [-0.25, -0.2) is 4.79 Å². The number of hydrogen-bond donors (Lipinski definition) is 1. The van der Waals surface area contributed by atoms with Crippen molar-refractivity contribution >= 4 is 12.0 Å². The summed E-state index contributed by atoms with van der Waals surface area (Å²) in [6.07, 6.45) is -1.52. The van der Waals surface area contributed by atoms with E-state index in [2.05, 4.69) is 5.32 Å². The van der Waals surface area contributed by atoms with Crippen molar-refractivity contribution < 1.29 is 32.2 Å². The third-order valence-electron chi connectivity index (χ3n) is 7.42. The number of alkyl carbamates (subject to hydrolysis) is 1. The van der Waals surface area contributed by atoms with E-state index in [1.165, 1.54) is 6.07 Å². The normalized spacial score (nSPS) is 32.8. The van der Waals surface area contributed by atoms with Crippen LogP contribution in [0.2, 0.25) is 0 Å². The Morgan fingerprint density at radius 1 is 1.23 bits per heavy atom. The summed E-state index contributed by atoms with van der Waals surface area (Å²) in [6, 6.07) is 3.72. The van der Waals surface area contributed by atoms with Gasteiger partial charge in [0.1, 0.15) is 18.0 Å². The summed E-state index contributed by atoms with van der Waals surface area (Å²) in [5.74, 6) is 0.493. The highest BCUT2D eigenvalue weighted by atomic mass is 19.4. The summed E-state index contributed by atoms with van der Waals surface area (Å²) >= 11 is 0. The van der Waals surface area contributed by atoms with Gasteiger partial charge in [0.05, 0.1) is 11.1 Å². The van der Waals surface area contributed by atoms with E-state index in [9.17, 15) is 22.8 Å². The van der Waals surface area contributed by atoms with Crippen molar-refractivity contribution in [1.82, 2.24) is 10.2 Å². The lowest BCUT2D eigenvalue weighted by molar-refractivity contribution is -0.143. The number of alkyl halides is 3. The van der Waals surface area contributed by atoms with Crippen LogP contribution < -0.4 is 10.1 Å². The molecule has 0 bridgehead atoms. The van der Waals surface area contributed by atoms with E-state index in [0.29, 0.717) is 44.7 Å². The predicted molar refractivity (Wildman–Crippen MR) is 103 cm³/mol. The van der Waals surface area contributed by atoms with Crippen LogP contribution in [0.25, 0.3) is 0 Å². The van der Waals surface area contributed by atoms with Gasteiger partial charge in [-0.3, -0.25) is 4.79 Å². The molecule has 31 heavy (non-hydrogen) atoms. The monoisotopic (exact) mass is 438 g/mol. The number of benzene rings is 1. The van der Waals surface area contributed by atoms with Crippen LogP contribution in [0.15, 0.2) is 18.2 Å². The number of nitrogens with one attached hydrogen (secondary N) is 1. The van der Waals surface area contributed by atoms with Gasteiger partial charge >= 0.3 is 12.3 Å². The van der Waals surface area contributed by atoms with Gasteiger partial charge in [0.2, 0.25) is 5.91 Å². The molecule has 3 fully saturated rings. The van der Waals surface area contributed by atoms with Crippen molar-refractivity contribution in [2.24, 2.45) is 11.8 Å². The average Bonchev–Trinajstić information content (AvgIpc) is 3.25. The third-order valence-corrected chi connectivity index (χ3v) is 7.42. The van der Waals surface area contributed by atoms with Crippen LogP contribution in [0.4, 0.5) is 18.0 Å². The maximum atomic E-state index is 13.0. The largest absolute Gasteiger partial charge is 0.487 e. The fraction of sp³-hybridized carbons (Fsp3) is 0.636. The first-order valence-electron chi connectivity index (χ1n) is 10.7. The van der Waals surface area contributed by atoms with Crippen molar-refractivity contribution in [1.29, 1.82) is 0 Å². The van der Waals surface area contributed by atoms with Gasteiger partial charge < -0.3 is 19.7 Å². The van der Waals surface area contributed by atoms with Gasteiger partial charge in [-0.1, -0.05) is 6.07 Å². The smallest absolute Gasteiger partial charge is 0.416 e. The van der Waals surface area contributed by atoms with Gasteiger partial charge in [-0.05, 0) is 50.3 Å². The highest BCUT2D eigenvalue weighted by molar-refractivity contribution is 5.81. The molecule has 3 aliphatic heterocycles. The van der Waals surface area contributed by atoms with Crippen molar-refractivity contribution in [3.05, 3.63) is 29.3 Å². The Labute approximate surface area is 178 Å². The molecule has 4 aliphatic rings. The molecule has 1 N–H and O–H groups in total. The highest BCUT2D eigenvalue weighted by Crippen LogP contribution is 2.46. The van der Waals surface area contributed by atoms with Crippen molar-refractivity contribution in [3.8, 4) is 5.75 Å². The van der Waals surface area contributed by atoms with Gasteiger partial charge in [0.15, 0.2) is 0 Å². The molecule has 2 amide bonds. The van der Waals surface area contributed by atoms with Gasteiger partial charge in [-0.2, -0.15) is 13.2 Å². The highest BCUT2D eigenvalue weighted by Gasteiger charge is 2.54. The zero-order chi connectivity index (χ0) is 22.0. The Kier molecular flexibility index (Phi) is 4.47. The first-order valence-corrected chi connectivity index (χ1v) is 10.7. The Bertz CT molecular complexity index is 920. The maximum Gasteiger partial charge on any atom is 0.416 e. The average molecular weight is 438 g/mol. The number of fused-ring (bicyclic) bond motifs is 1. The van der Waals surface area contributed by atoms with Crippen LogP contribution >= 0.6 is 0 Å². The molecular weight excluding hydrogens is 413 g/mol. The molecular formula is C22H25F3N2O4. The minimum Gasteiger partial charge on any atom is -0.487 e. The third kappa shape index (κ3) is 3.51. The quantitative estimate of drug-likeness (QED) is 0.767. The van der Waals surface area contributed by atoms with Crippen LogP contribution in [-0.2, 0) is 22.1 Å². The molecule has 168 valence electrons. The van der Waals surface area contributed by atoms with Crippen LogP contribution in [-0.4, -0.2) is 47.7 Å². The summed E-state index contributed by atoms with van der Waals surface area (Å²) in [4.78, 5) is 26.0. The van der Waals surface area contributed by atoms with Gasteiger partial charge in [0.25, 0.3) is 0 Å². The van der Waals surface area contributed by atoms with Gasteiger partial charge in [-0.15, -0.1) is 0 Å². The lowest BCUT2D eigenvalue weighted by Gasteiger charge is -2.46. The second kappa shape index (κ2) is 6.77. The van der Waals surface area contributed by atoms with E-state index in [4.69, 9.17) is 9.47 Å². The van der Waals surface area contributed by atoms with Gasteiger partial charge in [0, 0.05) is 31.3 Å². The summed E-state index contributed by atoms with van der Waals surface area (Å²) in [6.45, 7) is 3.50. The van der Waals surface area contributed by atoms with E-state index in [0.717, 1.165) is 30.5 Å². The Morgan fingerprint density at radius 3 is 2.55 bits per heavy atom. The number of nitrogens with zero attached hydrogens (tertiary/aromatic N) is 1. The SMILES string of the molecule is CC1(C2CCN(C(=O)C3CC4(COC(=O)N4)C3)CC2)Cc2ccc(C(F)(F)F)cc2O1. The van der Waals surface area contributed by atoms with E-state index < -0.39 is 23.4 Å². The molecule has 1 aromatic rings. The molecule has 0 aromatic heterocycles. The molecule has 5 rings (SSSR count). The fourth-order valence-electron chi connectivity index (χ4n) is 5.60. The van der Waals surface area contributed by atoms with E-state index in [1.807, 2.05) is 11.8 Å². The van der Waals surface area contributed by atoms with Crippen LogP contribution in [0.1, 0.15) is 43.7 Å². The Morgan fingerprint density at radius 2 is 1.94 bits per heavy atom. The number of rotatable bonds is 2. The zero-order valence-corrected chi connectivity index (χ0v) is 17.3. The Hall–Kier alpha value is -2.45. The van der Waals surface area contributed by atoms with Crippen LogP contribution in [0.3, 0.4) is 0 Å². The van der Waals surface area contributed by atoms with Crippen molar-refractivity contribution in [3.63, 3.8) is 0 Å². The minimum absolute atomic E-state index is 0.0955. The number of carbonyl (C=O) groups is 2. The summed E-state index contributed by atoms with van der Waals surface area (Å²) in [5.41, 5.74) is -0.831. The number of piperidine rings is 1. The first kappa shape index (κ1) is 20.5. The number of amides is 2. The molecule has 3 heterocycles. The summed E-state index contributed by atoms with van der Waals surface area (Å²) in [7, 11) is 0. The number of ether oxygens (including phenoxy) is 2. The Balaban J connectivity index is 1.17. The molecule has 0 radical (unpaired) electrons. The number of likely N-dealkylation sites (tertiary alicyclic amines) is 1. The molecule has 1 saturated carbocycles. The minimum atomic E-state index is -4.39. The van der Waals surface area contributed by atoms with Crippen molar-refractivity contribution in [2.45, 2.75) is 56.3 Å². The lowest BCUT2D eigenvalue weighted by Crippen LogP contribution is -2.59. The zero-order valence-electron chi connectivity index (χ0n) is 17.3. The van der Waals surface area contributed by atoms with Crippen LogP contribution in [0, 0.1) is 11.8 Å². The fourth-order valence-corrected chi connectivity index (χ4v) is 5.60. The number of cyclic esters (lactones) is 1. The summed E-state index contributed by atoms with van der Waals surface area (Å²) < 4.78 is 50.1. The predicted octanol–water partition coefficient (Wildman–Crippen LogP) is 3.53. The molecule has 9 heteroatoms. The lowest BCUT2D eigenvalue weighted by atomic mass is 9.68. The molecule has 6 nitrogen and oxygen atoms in total. The molecule has 1 spiro atoms. The molecule has 1 aliphatic carbocycles. The van der Waals surface area contributed by atoms with E-state index in [-0.39, 0.29) is 23.3 Å². The molecule has 1 aromatic carbocycles. The van der Waals surface area contributed by atoms with E-state index >= 15 is 0 Å². The molecule has 2 saturated heterocycles. The standard InChI is InChI=1S/C22H25F3N2O4/c1-20(9-13-2-3-16(22(23,24)25)8-17(13)31-20)15-4-6-27(7-5-15)18(28)14-10-21(11-14)12-30-19(29)26-21/h2-3,8,14-15H,4-7,9-12H2,1H3,(H,26,29). The number of carbonyl (C=O) groups excluding carboxylic acids is 2. The maximum absolute atomic E-state index is 13.0. The van der Waals surface area contributed by atoms with Crippen LogP contribution in [0.5, 0.6) is 5.75 Å². The topological polar surface area (TPSA) is 67.9 Å². The number of hydrogen-bond acceptors (Lipinski definition) is 4. The molecule has 1 unspecified atom stereocenters. The number of halogens is 3. The van der Waals surface area contributed by atoms with Crippen molar-refractivity contribution in [2.75, 3.05) is 19.7 Å².